The number of hydrogen-bond acceptors (Lipinski definition) is 5. The zero-order chi connectivity index (χ0) is 23.4. The smallest absolute Gasteiger partial charge is 0.267 e. The molecule has 6 rings (SSSR count). The van der Waals surface area contributed by atoms with E-state index in [0.29, 0.717) is 40.1 Å². The van der Waals surface area contributed by atoms with Crippen LogP contribution in [0.15, 0.2) is 71.7 Å². The second-order valence-electron chi connectivity index (χ2n) is 8.01. The van der Waals surface area contributed by atoms with Gasteiger partial charge in [-0.2, -0.15) is 0 Å². The third-order valence-electron chi connectivity index (χ3n) is 6.18. The summed E-state index contributed by atoms with van der Waals surface area (Å²) in [5.41, 5.74) is 2.86. The number of aromatic nitrogens is 2. The van der Waals surface area contributed by atoms with Crippen LogP contribution in [0.1, 0.15) is 5.56 Å². The third-order valence-corrected chi connectivity index (χ3v) is 6.18. The largest absolute Gasteiger partial charge is 0.493 e. The van der Waals surface area contributed by atoms with Crippen molar-refractivity contribution in [3.63, 3.8) is 0 Å². The number of benzene rings is 3. The molecule has 0 aliphatic heterocycles. The molecule has 3 aromatic carbocycles. The van der Waals surface area contributed by atoms with Crippen molar-refractivity contribution in [2.75, 3.05) is 14.2 Å². The Balaban J connectivity index is 1.59. The summed E-state index contributed by atoms with van der Waals surface area (Å²) >= 11 is 0. The van der Waals surface area contributed by atoms with Crippen LogP contribution in [-0.4, -0.2) is 23.6 Å². The second kappa shape index (κ2) is 7.59. The Kier molecular flexibility index (Phi) is 4.52. The van der Waals surface area contributed by atoms with Crippen LogP contribution in [0.2, 0.25) is 0 Å². The molecule has 0 fully saturated rings. The lowest BCUT2D eigenvalue weighted by Crippen LogP contribution is -2.14. The molecule has 0 unspecified atom stereocenters. The minimum Gasteiger partial charge on any atom is -0.493 e. The summed E-state index contributed by atoms with van der Waals surface area (Å²) in [5.74, 6) is 1.24. The summed E-state index contributed by atoms with van der Waals surface area (Å²) in [6.07, 6.45) is 1.74. The van der Waals surface area contributed by atoms with E-state index in [1.54, 1.807) is 35.9 Å². The molecule has 3 heterocycles. The van der Waals surface area contributed by atoms with E-state index < -0.39 is 0 Å². The highest BCUT2D eigenvalue weighted by Crippen LogP contribution is 2.39. The van der Waals surface area contributed by atoms with Crippen LogP contribution in [-0.2, 0) is 6.61 Å². The Morgan fingerprint density at radius 2 is 1.74 bits per heavy atom. The van der Waals surface area contributed by atoms with Gasteiger partial charge in [-0.1, -0.05) is 12.1 Å². The lowest BCUT2D eigenvalue weighted by molar-refractivity contribution is 0.306. The van der Waals surface area contributed by atoms with Crippen molar-refractivity contribution in [1.29, 1.82) is 0 Å². The van der Waals surface area contributed by atoms with E-state index >= 15 is 0 Å². The van der Waals surface area contributed by atoms with Crippen LogP contribution in [0.4, 0.5) is 4.39 Å². The standard InChI is InChI=1S/C27H19FN2O4/c1-32-22-10-8-19-23(26(22)33-2)27(31)30-21-9-7-17(34-14-15-3-5-16(28)6-4-15)13-20(21)18-11-12-29-24(19)25(18)30/h3-13H,14H2,1-2H3. The fourth-order valence-electron chi connectivity index (χ4n) is 4.64. The highest BCUT2D eigenvalue weighted by Gasteiger charge is 2.22. The molecule has 0 amide bonds. The Morgan fingerprint density at radius 3 is 2.50 bits per heavy atom. The Bertz CT molecular complexity index is 1760. The molecule has 0 radical (unpaired) electrons. The van der Waals surface area contributed by atoms with Crippen LogP contribution in [0.5, 0.6) is 17.2 Å². The van der Waals surface area contributed by atoms with Gasteiger partial charge in [0.15, 0.2) is 11.5 Å². The molecule has 0 atom stereocenters. The monoisotopic (exact) mass is 454 g/mol. The average molecular weight is 454 g/mol. The molecule has 0 saturated heterocycles. The highest BCUT2D eigenvalue weighted by molar-refractivity contribution is 6.19. The number of ether oxygens (including phenoxy) is 3. The number of hydrogen-bond donors (Lipinski definition) is 0. The minimum atomic E-state index is -0.284. The van der Waals surface area contributed by atoms with Crippen molar-refractivity contribution in [3.8, 4) is 17.2 Å². The molecular formula is C27H19FN2O4. The van der Waals surface area contributed by atoms with Crippen molar-refractivity contribution in [3.05, 3.63) is 88.6 Å². The predicted molar refractivity (Wildman–Crippen MR) is 129 cm³/mol. The summed E-state index contributed by atoms with van der Waals surface area (Å²) in [6.45, 7) is 0.304. The van der Waals surface area contributed by atoms with Gasteiger partial charge >= 0.3 is 0 Å². The molecule has 6 nitrogen and oxygen atoms in total. The summed E-state index contributed by atoms with van der Waals surface area (Å²) in [7, 11) is 3.06. The van der Waals surface area contributed by atoms with Gasteiger partial charge in [0.25, 0.3) is 5.56 Å². The van der Waals surface area contributed by atoms with Crippen molar-refractivity contribution >= 4 is 38.1 Å². The summed E-state index contributed by atoms with van der Waals surface area (Å²) in [5, 5.41) is 2.91. The van der Waals surface area contributed by atoms with Crippen LogP contribution < -0.4 is 19.8 Å². The van der Waals surface area contributed by atoms with E-state index in [2.05, 4.69) is 4.98 Å². The van der Waals surface area contributed by atoms with E-state index in [1.807, 2.05) is 30.3 Å². The van der Waals surface area contributed by atoms with Gasteiger partial charge in [0, 0.05) is 22.4 Å². The van der Waals surface area contributed by atoms with Gasteiger partial charge < -0.3 is 14.2 Å². The number of halogens is 1. The zero-order valence-corrected chi connectivity index (χ0v) is 18.5. The second-order valence-corrected chi connectivity index (χ2v) is 8.01. The van der Waals surface area contributed by atoms with Crippen molar-refractivity contribution < 1.29 is 18.6 Å². The Morgan fingerprint density at radius 1 is 0.912 bits per heavy atom. The van der Waals surface area contributed by atoms with E-state index in [4.69, 9.17) is 14.2 Å². The number of pyridine rings is 2. The third kappa shape index (κ3) is 2.86. The van der Waals surface area contributed by atoms with E-state index in [0.717, 1.165) is 27.4 Å². The molecule has 0 aliphatic carbocycles. The quantitative estimate of drug-likeness (QED) is 0.330. The van der Waals surface area contributed by atoms with Crippen LogP contribution in [0.3, 0.4) is 0 Å². The molecular weight excluding hydrogens is 435 g/mol. The van der Waals surface area contributed by atoms with Crippen LogP contribution in [0.25, 0.3) is 38.1 Å². The van der Waals surface area contributed by atoms with Gasteiger partial charge in [0.05, 0.1) is 36.2 Å². The molecule has 0 aliphatic rings. The lowest BCUT2D eigenvalue weighted by Gasteiger charge is -2.12. The first kappa shape index (κ1) is 20.2. The minimum absolute atomic E-state index is 0.203. The Hall–Kier alpha value is -4.39. The predicted octanol–water partition coefficient (Wildman–Crippen LogP) is 5.33. The first-order chi connectivity index (χ1) is 16.6. The normalized spacial score (nSPS) is 11.6. The molecule has 3 aromatic heterocycles. The molecule has 0 saturated carbocycles. The number of methoxy groups -OCH3 is 2. The van der Waals surface area contributed by atoms with Crippen molar-refractivity contribution in [2.24, 2.45) is 0 Å². The molecule has 0 spiro atoms. The first-order valence-corrected chi connectivity index (χ1v) is 10.7. The topological polar surface area (TPSA) is 62.1 Å². The molecule has 168 valence electrons. The highest BCUT2D eigenvalue weighted by atomic mass is 19.1. The number of rotatable bonds is 5. The van der Waals surface area contributed by atoms with Crippen molar-refractivity contribution in [2.45, 2.75) is 6.61 Å². The molecule has 0 bridgehead atoms. The van der Waals surface area contributed by atoms with E-state index in [1.165, 1.54) is 19.2 Å². The van der Waals surface area contributed by atoms with Gasteiger partial charge in [-0.05, 0) is 54.1 Å². The van der Waals surface area contributed by atoms with E-state index in [-0.39, 0.29) is 11.4 Å². The summed E-state index contributed by atoms with van der Waals surface area (Å²) < 4.78 is 31.8. The van der Waals surface area contributed by atoms with Crippen LogP contribution >= 0.6 is 0 Å². The van der Waals surface area contributed by atoms with Crippen LogP contribution in [0, 0.1) is 5.82 Å². The first-order valence-electron chi connectivity index (χ1n) is 10.7. The summed E-state index contributed by atoms with van der Waals surface area (Å²) in [6, 6.07) is 17.3. The number of fused-ring (bicyclic) bond motifs is 5. The maximum atomic E-state index is 13.8. The van der Waals surface area contributed by atoms with E-state index in [9.17, 15) is 9.18 Å². The van der Waals surface area contributed by atoms with Gasteiger partial charge in [0.1, 0.15) is 18.2 Å². The number of nitrogens with zero attached hydrogens (tertiary/aromatic N) is 2. The molecule has 34 heavy (non-hydrogen) atoms. The molecule has 7 heteroatoms. The maximum absolute atomic E-state index is 13.8. The molecule has 0 N–H and O–H groups in total. The van der Waals surface area contributed by atoms with Gasteiger partial charge in [-0.25, -0.2) is 4.39 Å². The fourth-order valence-corrected chi connectivity index (χ4v) is 4.64. The maximum Gasteiger partial charge on any atom is 0.267 e. The lowest BCUT2D eigenvalue weighted by atomic mass is 10.1. The van der Waals surface area contributed by atoms with Crippen molar-refractivity contribution in [1.82, 2.24) is 9.38 Å². The summed E-state index contributed by atoms with van der Waals surface area (Å²) in [4.78, 5) is 18.4. The fraction of sp³-hybridized carbons (Fsp3) is 0.111. The Labute approximate surface area is 193 Å². The van der Waals surface area contributed by atoms with Gasteiger partial charge in [-0.15, -0.1) is 0 Å². The molecule has 6 aromatic rings. The van der Waals surface area contributed by atoms with Gasteiger partial charge in [0.2, 0.25) is 0 Å². The van der Waals surface area contributed by atoms with Gasteiger partial charge in [-0.3, -0.25) is 14.2 Å². The zero-order valence-electron chi connectivity index (χ0n) is 18.5. The average Bonchev–Trinajstić information content (AvgIpc) is 3.20. The SMILES string of the molecule is COc1ccc2c(c1OC)c(=O)n1c3ccc(OCc4ccc(F)cc4)cc3c3ccnc2c31.